The summed E-state index contributed by atoms with van der Waals surface area (Å²) >= 11 is 0. The third kappa shape index (κ3) is 2.66. The Labute approximate surface area is 118 Å². The Bertz CT molecular complexity index is 540. The standard InChI is InChI=1S/C15H20N2O3/c1-10-9-11(5-7-16-10)13(18)17-8-4-6-15(2,3)12(17)14(19)20/h5,7,9,12H,4,6,8H2,1-3H3,(H,19,20). The van der Waals surface area contributed by atoms with Gasteiger partial charge in [-0.3, -0.25) is 9.78 Å². The maximum atomic E-state index is 12.6. The van der Waals surface area contributed by atoms with Crippen LogP contribution in [0.2, 0.25) is 0 Å². The smallest absolute Gasteiger partial charge is 0.326 e. The van der Waals surface area contributed by atoms with Crippen LogP contribution < -0.4 is 0 Å². The van der Waals surface area contributed by atoms with Crippen molar-refractivity contribution in [1.29, 1.82) is 0 Å². The number of aromatic nitrogens is 1. The van der Waals surface area contributed by atoms with E-state index in [9.17, 15) is 14.7 Å². The van der Waals surface area contributed by atoms with Crippen molar-refractivity contribution >= 4 is 11.9 Å². The summed E-state index contributed by atoms with van der Waals surface area (Å²) in [7, 11) is 0. The number of carbonyl (C=O) groups is 2. The van der Waals surface area contributed by atoms with Crippen LogP contribution in [0, 0.1) is 12.3 Å². The summed E-state index contributed by atoms with van der Waals surface area (Å²) in [6.07, 6.45) is 3.21. The molecule has 1 aliphatic heterocycles. The van der Waals surface area contributed by atoms with Crippen LogP contribution in [-0.2, 0) is 4.79 Å². The maximum absolute atomic E-state index is 12.6. The summed E-state index contributed by atoms with van der Waals surface area (Å²) < 4.78 is 0. The van der Waals surface area contributed by atoms with Crippen LogP contribution in [0.15, 0.2) is 18.3 Å². The van der Waals surface area contributed by atoms with E-state index in [1.165, 1.54) is 4.90 Å². The van der Waals surface area contributed by atoms with E-state index in [1.807, 2.05) is 20.8 Å². The second-order valence-electron chi connectivity index (χ2n) is 6.02. The highest BCUT2D eigenvalue weighted by Crippen LogP contribution is 2.36. The zero-order chi connectivity index (χ0) is 14.9. The minimum atomic E-state index is -0.936. The first-order chi connectivity index (χ1) is 9.33. The predicted octanol–water partition coefficient (Wildman–Crippen LogP) is 2.11. The van der Waals surface area contributed by atoms with E-state index >= 15 is 0 Å². The number of hydrogen-bond acceptors (Lipinski definition) is 3. The van der Waals surface area contributed by atoms with E-state index in [0.29, 0.717) is 12.1 Å². The van der Waals surface area contributed by atoms with Crippen LogP contribution in [0.5, 0.6) is 0 Å². The first-order valence-corrected chi connectivity index (χ1v) is 6.79. The van der Waals surface area contributed by atoms with Gasteiger partial charge in [0.25, 0.3) is 5.91 Å². The van der Waals surface area contributed by atoms with Crippen molar-refractivity contribution in [2.75, 3.05) is 6.54 Å². The highest BCUT2D eigenvalue weighted by molar-refractivity contribution is 5.97. The molecule has 1 saturated heterocycles. The van der Waals surface area contributed by atoms with E-state index in [1.54, 1.807) is 18.3 Å². The molecule has 0 radical (unpaired) electrons. The van der Waals surface area contributed by atoms with Crippen molar-refractivity contribution in [2.24, 2.45) is 5.41 Å². The number of amides is 1. The molecule has 20 heavy (non-hydrogen) atoms. The Morgan fingerprint density at radius 3 is 2.75 bits per heavy atom. The first kappa shape index (κ1) is 14.5. The molecule has 5 heteroatoms. The molecule has 1 aromatic rings. The molecule has 0 aliphatic carbocycles. The van der Waals surface area contributed by atoms with E-state index in [2.05, 4.69) is 4.98 Å². The molecule has 1 amide bonds. The molecule has 0 aromatic carbocycles. The van der Waals surface area contributed by atoms with Crippen molar-refractivity contribution < 1.29 is 14.7 Å². The molecule has 2 rings (SSSR count). The summed E-state index contributed by atoms with van der Waals surface area (Å²) in [4.78, 5) is 29.7. The molecule has 1 aliphatic rings. The van der Waals surface area contributed by atoms with Gasteiger partial charge in [-0.1, -0.05) is 13.8 Å². The summed E-state index contributed by atoms with van der Waals surface area (Å²) in [5.74, 6) is -1.16. The third-order valence-electron chi connectivity index (χ3n) is 3.91. The Morgan fingerprint density at radius 2 is 2.15 bits per heavy atom. The number of aryl methyl sites for hydroxylation is 1. The van der Waals surface area contributed by atoms with Crippen LogP contribution in [0.4, 0.5) is 0 Å². The first-order valence-electron chi connectivity index (χ1n) is 6.79. The van der Waals surface area contributed by atoms with Gasteiger partial charge in [-0.25, -0.2) is 4.79 Å². The Morgan fingerprint density at radius 1 is 1.45 bits per heavy atom. The summed E-state index contributed by atoms with van der Waals surface area (Å²) in [5, 5.41) is 9.49. The van der Waals surface area contributed by atoms with Gasteiger partial charge in [-0.2, -0.15) is 0 Å². The van der Waals surface area contributed by atoms with Crippen molar-refractivity contribution in [3.05, 3.63) is 29.6 Å². The molecule has 2 heterocycles. The molecule has 1 aromatic heterocycles. The fourth-order valence-corrected chi connectivity index (χ4v) is 2.92. The van der Waals surface area contributed by atoms with Crippen molar-refractivity contribution in [2.45, 2.75) is 39.7 Å². The number of likely N-dealkylation sites (tertiary alicyclic amines) is 1. The number of rotatable bonds is 2. The molecule has 1 unspecified atom stereocenters. The van der Waals surface area contributed by atoms with E-state index in [0.717, 1.165) is 18.5 Å². The van der Waals surface area contributed by atoms with Gasteiger partial charge < -0.3 is 10.0 Å². The number of carbonyl (C=O) groups excluding carboxylic acids is 1. The number of piperidine rings is 1. The predicted molar refractivity (Wildman–Crippen MR) is 74.4 cm³/mol. The topological polar surface area (TPSA) is 70.5 Å². The second-order valence-corrected chi connectivity index (χ2v) is 6.02. The Balaban J connectivity index is 2.34. The molecule has 1 N–H and O–H groups in total. The molecular weight excluding hydrogens is 256 g/mol. The quantitative estimate of drug-likeness (QED) is 0.898. The van der Waals surface area contributed by atoms with Crippen LogP contribution in [0.1, 0.15) is 42.7 Å². The number of pyridine rings is 1. The molecule has 0 bridgehead atoms. The minimum absolute atomic E-state index is 0.226. The molecular formula is C15H20N2O3. The molecule has 5 nitrogen and oxygen atoms in total. The van der Waals surface area contributed by atoms with Crippen LogP contribution >= 0.6 is 0 Å². The summed E-state index contributed by atoms with van der Waals surface area (Å²) in [6, 6.07) is 2.55. The fourth-order valence-electron chi connectivity index (χ4n) is 2.92. The molecule has 0 spiro atoms. The summed E-state index contributed by atoms with van der Waals surface area (Å²) in [5.41, 5.74) is 0.836. The number of carboxylic acids is 1. The molecule has 1 atom stereocenters. The number of hydrogen-bond donors (Lipinski definition) is 1. The van der Waals surface area contributed by atoms with Gasteiger partial charge in [0.2, 0.25) is 0 Å². The van der Waals surface area contributed by atoms with E-state index in [-0.39, 0.29) is 5.91 Å². The van der Waals surface area contributed by atoms with Crippen molar-refractivity contribution in [1.82, 2.24) is 9.88 Å². The number of nitrogens with zero attached hydrogens (tertiary/aromatic N) is 2. The molecule has 0 saturated carbocycles. The highest BCUT2D eigenvalue weighted by Gasteiger charge is 2.44. The van der Waals surface area contributed by atoms with E-state index < -0.39 is 17.4 Å². The van der Waals surface area contributed by atoms with Gasteiger partial charge in [-0.05, 0) is 37.3 Å². The lowest BCUT2D eigenvalue weighted by atomic mass is 9.76. The number of aliphatic carboxylic acids is 1. The van der Waals surface area contributed by atoms with E-state index in [4.69, 9.17) is 0 Å². The monoisotopic (exact) mass is 276 g/mol. The normalized spacial score (nSPS) is 21.6. The van der Waals surface area contributed by atoms with Crippen LogP contribution in [0.3, 0.4) is 0 Å². The average Bonchev–Trinajstić information content (AvgIpc) is 2.35. The van der Waals surface area contributed by atoms with Gasteiger partial charge in [0.15, 0.2) is 0 Å². The molecule has 108 valence electrons. The maximum Gasteiger partial charge on any atom is 0.326 e. The SMILES string of the molecule is Cc1cc(C(=O)N2CCCC(C)(C)C2C(=O)O)ccn1. The minimum Gasteiger partial charge on any atom is -0.480 e. The van der Waals surface area contributed by atoms with Gasteiger partial charge >= 0.3 is 5.97 Å². The van der Waals surface area contributed by atoms with Gasteiger partial charge in [0.1, 0.15) is 6.04 Å². The highest BCUT2D eigenvalue weighted by atomic mass is 16.4. The number of carboxylic acid groups (broad SMARTS) is 1. The second kappa shape index (κ2) is 5.23. The van der Waals surface area contributed by atoms with Gasteiger partial charge in [0, 0.05) is 24.0 Å². The molecule has 1 fully saturated rings. The lowest BCUT2D eigenvalue weighted by Gasteiger charge is -2.44. The fraction of sp³-hybridized carbons (Fsp3) is 0.533. The Kier molecular flexibility index (Phi) is 3.79. The zero-order valence-corrected chi connectivity index (χ0v) is 12.1. The Hall–Kier alpha value is -1.91. The lowest BCUT2D eigenvalue weighted by molar-refractivity contribution is -0.148. The zero-order valence-electron chi connectivity index (χ0n) is 12.1. The average molecular weight is 276 g/mol. The van der Waals surface area contributed by atoms with Crippen molar-refractivity contribution in [3.63, 3.8) is 0 Å². The lowest BCUT2D eigenvalue weighted by Crippen LogP contribution is -2.56. The summed E-state index contributed by atoms with van der Waals surface area (Å²) in [6.45, 7) is 6.11. The van der Waals surface area contributed by atoms with Crippen molar-refractivity contribution in [3.8, 4) is 0 Å². The van der Waals surface area contributed by atoms with Gasteiger partial charge in [0.05, 0.1) is 0 Å². The van der Waals surface area contributed by atoms with Gasteiger partial charge in [-0.15, -0.1) is 0 Å². The largest absolute Gasteiger partial charge is 0.480 e. The third-order valence-corrected chi connectivity index (χ3v) is 3.91. The van der Waals surface area contributed by atoms with Crippen LogP contribution in [0.25, 0.3) is 0 Å². The van der Waals surface area contributed by atoms with Crippen LogP contribution in [-0.4, -0.2) is 39.5 Å².